The largest absolute Gasteiger partial charge is 0.484 e. The van der Waals surface area contributed by atoms with E-state index in [0.717, 1.165) is 22.9 Å². The molecule has 33 heavy (non-hydrogen) atoms. The van der Waals surface area contributed by atoms with Crippen LogP contribution in [0.4, 0.5) is 17.6 Å². The zero-order valence-electron chi connectivity index (χ0n) is 18.3. The summed E-state index contributed by atoms with van der Waals surface area (Å²) in [6.45, 7) is 2.09. The summed E-state index contributed by atoms with van der Waals surface area (Å²) < 4.78 is 68.2. The van der Waals surface area contributed by atoms with Gasteiger partial charge in [-0.3, -0.25) is 0 Å². The Hall–Kier alpha value is -2.64. The van der Waals surface area contributed by atoms with Crippen molar-refractivity contribution in [3.8, 4) is 5.75 Å². The molecule has 1 aliphatic heterocycles. The molecule has 1 heterocycles. The molecule has 3 aromatic carbocycles. The molecule has 0 amide bonds. The van der Waals surface area contributed by atoms with E-state index in [-0.39, 0.29) is 11.6 Å². The van der Waals surface area contributed by atoms with Gasteiger partial charge in [-0.15, -0.1) is 0 Å². The number of benzene rings is 3. The standard InChI is InChI=1S/C26H26F4O3/c1-2-17-14-31-25(32-15-17)21-9-12-23-20(13-21)8-7-19(24(23)27)6-3-18-4-10-22(11-5-18)33-16-26(28,29)30/h4-5,7-13,17,25H,2-3,6,14-16H2,1H3. The summed E-state index contributed by atoms with van der Waals surface area (Å²) in [4.78, 5) is 0. The number of rotatable bonds is 7. The van der Waals surface area contributed by atoms with E-state index in [1.165, 1.54) is 12.1 Å². The molecule has 1 aliphatic rings. The Balaban J connectivity index is 1.40. The molecule has 0 aliphatic carbocycles. The second-order valence-electron chi connectivity index (χ2n) is 8.34. The Bertz CT molecular complexity index is 1070. The van der Waals surface area contributed by atoms with Gasteiger partial charge >= 0.3 is 6.18 Å². The van der Waals surface area contributed by atoms with E-state index < -0.39 is 19.1 Å². The number of fused-ring (bicyclic) bond motifs is 1. The summed E-state index contributed by atoms with van der Waals surface area (Å²) in [6, 6.07) is 15.6. The van der Waals surface area contributed by atoms with Crippen LogP contribution in [-0.2, 0) is 22.3 Å². The van der Waals surface area contributed by atoms with E-state index in [9.17, 15) is 13.2 Å². The lowest BCUT2D eigenvalue weighted by molar-refractivity contribution is -0.205. The topological polar surface area (TPSA) is 27.7 Å². The van der Waals surface area contributed by atoms with Crippen LogP contribution in [0.5, 0.6) is 5.75 Å². The van der Waals surface area contributed by atoms with Gasteiger partial charge in [-0.2, -0.15) is 13.2 Å². The number of halogens is 4. The predicted molar refractivity (Wildman–Crippen MR) is 118 cm³/mol. The highest BCUT2D eigenvalue weighted by molar-refractivity contribution is 5.84. The van der Waals surface area contributed by atoms with Gasteiger partial charge in [0.05, 0.1) is 13.2 Å². The van der Waals surface area contributed by atoms with Gasteiger partial charge in [0.2, 0.25) is 0 Å². The Labute approximate surface area is 190 Å². The first-order chi connectivity index (χ1) is 15.8. The highest BCUT2D eigenvalue weighted by atomic mass is 19.4. The minimum atomic E-state index is -4.37. The summed E-state index contributed by atoms with van der Waals surface area (Å²) in [5, 5.41) is 1.32. The first kappa shape index (κ1) is 23.5. The third kappa shape index (κ3) is 6.03. The van der Waals surface area contributed by atoms with Crippen LogP contribution in [0.1, 0.15) is 36.3 Å². The summed E-state index contributed by atoms with van der Waals surface area (Å²) in [7, 11) is 0. The fourth-order valence-corrected chi connectivity index (χ4v) is 3.86. The Morgan fingerprint density at radius 1 is 0.939 bits per heavy atom. The fraction of sp³-hybridized carbons (Fsp3) is 0.385. The number of alkyl halides is 3. The monoisotopic (exact) mass is 462 g/mol. The minimum absolute atomic E-state index is 0.153. The van der Waals surface area contributed by atoms with Crippen molar-refractivity contribution in [3.05, 3.63) is 77.1 Å². The Morgan fingerprint density at radius 2 is 1.67 bits per heavy atom. The molecule has 7 heteroatoms. The van der Waals surface area contributed by atoms with Crippen molar-refractivity contribution in [2.45, 2.75) is 38.7 Å². The third-order valence-electron chi connectivity index (χ3n) is 5.88. The molecule has 1 fully saturated rings. The molecule has 0 bridgehead atoms. The highest BCUT2D eigenvalue weighted by Crippen LogP contribution is 2.30. The van der Waals surface area contributed by atoms with Crippen molar-refractivity contribution >= 4 is 10.8 Å². The van der Waals surface area contributed by atoms with Crippen molar-refractivity contribution in [1.82, 2.24) is 0 Å². The van der Waals surface area contributed by atoms with Crippen LogP contribution < -0.4 is 4.74 Å². The molecule has 3 aromatic rings. The summed E-state index contributed by atoms with van der Waals surface area (Å²) >= 11 is 0. The highest BCUT2D eigenvalue weighted by Gasteiger charge is 2.28. The van der Waals surface area contributed by atoms with E-state index in [4.69, 9.17) is 14.2 Å². The molecule has 0 N–H and O–H groups in total. The predicted octanol–water partition coefficient (Wildman–Crippen LogP) is 6.78. The Kier molecular flexibility index (Phi) is 7.20. The smallest absolute Gasteiger partial charge is 0.422 e. The minimum Gasteiger partial charge on any atom is -0.484 e. The third-order valence-corrected chi connectivity index (χ3v) is 5.88. The molecule has 0 saturated carbocycles. The summed E-state index contributed by atoms with van der Waals surface area (Å²) in [5.41, 5.74) is 2.35. The van der Waals surface area contributed by atoms with Crippen LogP contribution in [0.2, 0.25) is 0 Å². The van der Waals surface area contributed by atoms with E-state index in [2.05, 4.69) is 6.92 Å². The maximum absolute atomic E-state index is 15.1. The molecule has 0 spiro atoms. The van der Waals surface area contributed by atoms with E-state index in [1.807, 2.05) is 18.2 Å². The maximum Gasteiger partial charge on any atom is 0.422 e. The first-order valence-corrected chi connectivity index (χ1v) is 11.0. The molecule has 1 saturated heterocycles. The lowest BCUT2D eigenvalue weighted by Crippen LogP contribution is -2.26. The molecule has 4 rings (SSSR count). The molecule has 0 unspecified atom stereocenters. The number of ether oxygens (including phenoxy) is 3. The van der Waals surface area contributed by atoms with Crippen LogP contribution in [0.15, 0.2) is 54.6 Å². The SMILES string of the molecule is CCC1COC(c2ccc3c(F)c(CCc4ccc(OCC(F)(F)F)cc4)ccc3c2)OC1. The van der Waals surface area contributed by atoms with Gasteiger partial charge < -0.3 is 14.2 Å². The lowest BCUT2D eigenvalue weighted by Gasteiger charge is -2.29. The number of hydrogen-bond acceptors (Lipinski definition) is 3. The average molecular weight is 462 g/mol. The van der Waals surface area contributed by atoms with Gasteiger partial charge in [0.1, 0.15) is 11.6 Å². The van der Waals surface area contributed by atoms with E-state index in [1.54, 1.807) is 24.3 Å². The molecule has 0 atom stereocenters. The van der Waals surface area contributed by atoms with Crippen LogP contribution in [0.3, 0.4) is 0 Å². The quantitative estimate of drug-likeness (QED) is 0.363. The van der Waals surface area contributed by atoms with Gasteiger partial charge in [0, 0.05) is 16.9 Å². The van der Waals surface area contributed by atoms with Gasteiger partial charge in [-0.25, -0.2) is 4.39 Å². The average Bonchev–Trinajstić information content (AvgIpc) is 2.82. The van der Waals surface area contributed by atoms with Crippen LogP contribution in [0, 0.1) is 11.7 Å². The van der Waals surface area contributed by atoms with Crippen LogP contribution in [0.25, 0.3) is 10.8 Å². The normalized spacial score (nSPS) is 19.1. The van der Waals surface area contributed by atoms with Crippen LogP contribution >= 0.6 is 0 Å². The number of hydrogen-bond donors (Lipinski definition) is 0. The molecular formula is C26H26F4O3. The van der Waals surface area contributed by atoms with Gasteiger partial charge in [-0.05, 0) is 54.0 Å². The summed E-state index contributed by atoms with van der Waals surface area (Å²) in [5.74, 6) is 0.297. The van der Waals surface area contributed by atoms with Crippen molar-refractivity contribution in [2.75, 3.05) is 19.8 Å². The Morgan fingerprint density at radius 3 is 2.33 bits per heavy atom. The van der Waals surface area contributed by atoms with Crippen molar-refractivity contribution in [1.29, 1.82) is 0 Å². The van der Waals surface area contributed by atoms with Gasteiger partial charge in [-0.1, -0.05) is 43.3 Å². The molecule has 0 aromatic heterocycles. The van der Waals surface area contributed by atoms with Gasteiger partial charge in [0.15, 0.2) is 12.9 Å². The molecule has 176 valence electrons. The van der Waals surface area contributed by atoms with Crippen molar-refractivity contribution < 1.29 is 31.8 Å². The summed E-state index contributed by atoms with van der Waals surface area (Å²) in [6.07, 6.45) is -2.76. The molecule has 0 radical (unpaired) electrons. The fourth-order valence-electron chi connectivity index (χ4n) is 3.86. The van der Waals surface area contributed by atoms with Crippen molar-refractivity contribution in [2.24, 2.45) is 5.92 Å². The second kappa shape index (κ2) is 10.1. The second-order valence-corrected chi connectivity index (χ2v) is 8.34. The molecule has 3 nitrogen and oxygen atoms in total. The number of aryl methyl sites for hydroxylation is 2. The van der Waals surface area contributed by atoms with E-state index >= 15 is 4.39 Å². The van der Waals surface area contributed by atoms with Crippen molar-refractivity contribution in [3.63, 3.8) is 0 Å². The van der Waals surface area contributed by atoms with E-state index in [0.29, 0.717) is 42.9 Å². The van der Waals surface area contributed by atoms with Crippen LogP contribution in [-0.4, -0.2) is 26.0 Å². The lowest BCUT2D eigenvalue weighted by atomic mass is 9.98. The van der Waals surface area contributed by atoms with Gasteiger partial charge in [0.25, 0.3) is 0 Å². The maximum atomic E-state index is 15.1. The first-order valence-electron chi connectivity index (χ1n) is 11.0. The molecular weight excluding hydrogens is 436 g/mol. The zero-order chi connectivity index (χ0) is 23.4. The zero-order valence-corrected chi connectivity index (χ0v) is 18.3.